The van der Waals surface area contributed by atoms with Gasteiger partial charge in [0.25, 0.3) is 11.8 Å². The Morgan fingerprint density at radius 3 is 2.33 bits per heavy atom. The fourth-order valence-corrected chi connectivity index (χ4v) is 9.16. The van der Waals surface area contributed by atoms with E-state index in [0.29, 0.717) is 28.0 Å². The Kier molecular flexibility index (Phi) is 8.32. The first-order valence-electron chi connectivity index (χ1n) is 15.6. The first-order chi connectivity index (χ1) is 23.5. The molecule has 12 heteroatoms. The van der Waals surface area contributed by atoms with Crippen LogP contribution in [0.15, 0.2) is 90.5 Å². The highest BCUT2D eigenvalue weighted by Gasteiger charge is 2.75. The van der Waals surface area contributed by atoms with Gasteiger partial charge in [0.05, 0.1) is 30.1 Å². The lowest BCUT2D eigenvalue weighted by Gasteiger charge is -2.49. The van der Waals surface area contributed by atoms with Crippen LogP contribution in [0, 0.1) is 23.7 Å². The summed E-state index contributed by atoms with van der Waals surface area (Å²) in [6.07, 6.45) is 5.33. The van der Waals surface area contributed by atoms with Gasteiger partial charge in [0.1, 0.15) is 0 Å². The molecule has 0 bridgehead atoms. The van der Waals surface area contributed by atoms with E-state index >= 15 is 0 Å². The van der Waals surface area contributed by atoms with Crippen LogP contribution >= 0.6 is 39.1 Å². The summed E-state index contributed by atoms with van der Waals surface area (Å²) < 4.78 is 5.24. The number of halogens is 3. The quantitative estimate of drug-likeness (QED) is 0.102. The first-order valence-corrected chi connectivity index (χ1v) is 17.5. The van der Waals surface area contributed by atoms with Gasteiger partial charge in [-0.3, -0.25) is 33.8 Å². The number of hydrogen-bond donors (Lipinski definition) is 1. The zero-order valence-electron chi connectivity index (χ0n) is 26.0. The summed E-state index contributed by atoms with van der Waals surface area (Å²) in [5.74, 6) is -5.37. The number of phenols is 1. The fourth-order valence-electron chi connectivity index (χ4n) is 7.78. The van der Waals surface area contributed by atoms with Crippen molar-refractivity contribution in [3.63, 3.8) is 0 Å². The van der Waals surface area contributed by atoms with Gasteiger partial charge >= 0.3 is 0 Å². The van der Waals surface area contributed by atoms with Crippen LogP contribution in [0.1, 0.15) is 34.3 Å². The lowest BCUT2D eigenvalue weighted by Crippen LogP contribution is -2.60. The number of carbonyl (C=O) groups is 5. The maximum absolute atomic E-state index is 14.3. The van der Waals surface area contributed by atoms with Gasteiger partial charge in [0.2, 0.25) is 11.8 Å². The second kappa shape index (κ2) is 12.3. The molecule has 250 valence electrons. The van der Waals surface area contributed by atoms with Crippen molar-refractivity contribution >= 4 is 80.3 Å². The molecule has 4 amide bonds. The summed E-state index contributed by atoms with van der Waals surface area (Å²) in [4.78, 5) is 67.2. The predicted molar refractivity (Wildman–Crippen MR) is 187 cm³/mol. The van der Waals surface area contributed by atoms with Crippen molar-refractivity contribution in [3.05, 3.63) is 107 Å². The van der Waals surface area contributed by atoms with Gasteiger partial charge in [-0.25, -0.2) is 0 Å². The number of likely N-dealkylation sites (tertiary alicyclic amines) is 1. The Labute approximate surface area is 300 Å². The van der Waals surface area contributed by atoms with E-state index in [0.717, 1.165) is 9.80 Å². The molecule has 2 aliphatic heterocycles. The average molecular weight is 764 g/mol. The van der Waals surface area contributed by atoms with Gasteiger partial charge in [-0.2, -0.15) is 0 Å². The van der Waals surface area contributed by atoms with Crippen molar-refractivity contribution in [3.8, 4) is 11.5 Å². The number of ketones is 1. The molecular formula is C37H29BrCl2N2O7. The molecule has 2 heterocycles. The molecule has 3 fully saturated rings. The standard InChI is InChI=1S/C37H29BrCl2N2O7/c1-49-29-17-20(8-16-28(29)43)7-15-27-24-13-14-25-30(26(24)18-36(39)34(47)41(19-38)35(48)37(27,36)40)33(46)42(32(25)45)23-11-9-22(10-12-23)31(44)21-5-3-2-4-6-21/h2-13,15-17,25-27,30,43H,14,18-19H2,1H3. The number of amides is 4. The molecule has 6 atom stereocenters. The number of anilines is 1. The SMILES string of the molecule is COc1cc(C=CC2C3=CCC4C(=O)N(c5ccc(C(=O)c6ccccc6)cc5)C(=O)C4C3CC3(Cl)C(=O)N(CBr)C(=O)C23Cl)ccc1O. The van der Waals surface area contributed by atoms with E-state index in [1.54, 1.807) is 72.8 Å². The van der Waals surface area contributed by atoms with Gasteiger partial charge in [-0.05, 0) is 60.7 Å². The number of methoxy groups -OCH3 is 1. The summed E-state index contributed by atoms with van der Waals surface area (Å²) in [6, 6.07) is 19.8. The highest BCUT2D eigenvalue weighted by Crippen LogP contribution is 2.63. The minimum atomic E-state index is -1.92. The van der Waals surface area contributed by atoms with Crippen LogP contribution in [0.5, 0.6) is 11.5 Å². The Hall–Kier alpha value is -4.25. The Morgan fingerprint density at radius 2 is 1.65 bits per heavy atom. The number of fused-ring (bicyclic) bond motifs is 4. The number of hydrogen-bond acceptors (Lipinski definition) is 7. The van der Waals surface area contributed by atoms with E-state index in [9.17, 15) is 29.1 Å². The van der Waals surface area contributed by atoms with Crippen molar-refractivity contribution in [1.82, 2.24) is 4.90 Å². The highest BCUT2D eigenvalue weighted by atomic mass is 79.9. The molecule has 2 saturated heterocycles. The van der Waals surface area contributed by atoms with Gasteiger partial charge in [-0.15, -0.1) is 23.2 Å². The third-order valence-corrected chi connectivity index (χ3v) is 12.1. The van der Waals surface area contributed by atoms with Gasteiger partial charge in [0.15, 0.2) is 27.0 Å². The molecule has 49 heavy (non-hydrogen) atoms. The maximum atomic E-state index is 14.3. The third kappa shape index (κ3) is 4.90. The number of nitrogens with zero attached hydrogens (tertiary/aromatic N) is 2. The number of benzene rings is 3. The number of allylic oxidation sites excluding steroid dienone is 3. The van der Waals surface area contributed by atoms with Crippen molar-refractivity contribution < 1.29 is 33.8 Å². The monoisotopic (exact) mass is 762 g/mol. The van der Waals surface area contributed by atoms with Crippen molar-refractivity contribution in [2.75, 3.05) is 17.5 Å². The van der Waals surface area contributed by atoms with Crippen LogP contribution in [0.4, 0.5) is 5.69 Å². The van der Waals surface area contributed by atoms with Crippen molar-refractivity contribution in [1.29, 1.82) is 0 Å². The molecule has 6 unspecified atom stereocenters. The maximum Gasteiger partial charge on any atom is 0.254 e. The van der Waals surface area contributed by atoms with Crippen LogP contribution < -0.4 is 9.64 Å². The molecule has 4 aliphatic rings. The Bertz CT molecular complexity index is 1980. The number of rotatable bonds is 7. The average Bonchev–Trinajstić information content (AvgIpc) is 3.45. The van der Waals surface area contributed by atoms with E-state index in [2.05, 4.69) is 15.9 Å². The second-order valence-corrected chi connectivity index (χ2v) is 14.3. The Balaban J connectivity index is 1.26. The second-order valence-electron chi connectivity index (χ2n) is 12.6. The molecule has 3 aromatic carbocycles. The van der Waals surface area contributed by atoms with Crippen LogP contribution in [0.3, 0.4) is 0 Å². The summed E-state index contributed by atoms with van der Waals surface area (Å²) >= 11 is 17.7. The van der Waals surface area contributed by atoms with E-state index in [1.807, 2.05) is 12.1 Å². The summed E-state index contributed by atoms with van der Waals surface area (Å²) in [5, 5.41) is 10.1. The van der Waals surface area contributed by atoms with E-state index in [1.165, 1.54) is 13.2 Å². The van der Waals surface area contributed by atoms with E-state index in [-0.39, 0.29) is 35.6 Å². The van der Waals surface area contributed by atoms with Crippen LogP contribution in [0.25, 0.3) is 6.08 Å². The molecule has 9 nitrogen and oxygen atoms in total. The predicted octanol–water partition coefficient (Wildman–Crippen LogP) is 6.09. The molecule has 1 N–H and O–H groups in total. The molecule has 0 spiro atoms. The van der Waals surface area contributed by atoms with Crippen molar-refractivity contribution in [2.24, 2.45) is 23.7 Å². The lowest BCUT2D eigenvalue weighted by atomic mass is 9.57. The summed E-state index contributed by atoms with van der Waals surface area (Å²) in [6.45, 7) is 0. The molecule has 7 rings (SSSR count). The van der Waals surface area contributed by atoms with Gasteiger partial charge in [0, 0.05) is 17.0 Å². The largest absolute Gasteiger partial charge is 0.504 e. The summed E-state index contributed by atoms with van der Waals surface area (Å²) in [5.41, 5.74) is 2.40. The smallest absolute Gasteiger partial charge is 0.254 e. The summed E-state index contributed by atoms with van der Waals surface area (Å²) in [7, 11) is 1.42. The Morgan fingerprint density at radius 1 is 0.959 bits per heavy atom. The molecule has 0 aromatic heterocycles. The molecule has 0 radical (unpaired) electrons. The van der Waals surface area contributed by atoms with Crippen LogP contribution in [-0.2, 0) is 19.2 Å². The minimum Gasteiger partial charge on any atom is -0.504 e. The molecular weight excluding hydrogens is 735 g/mol. The number of aromatic hydroxyl groups is 1. The van der Waals surface area contributed by atoms with Crippen LogP contribution in [-0.4, -0.2) is 61.7 Å². The van der Waals surface area contributed by atoms with Crippen molar-refractivity contribution in [2.45, 2.75) is 22.6 Å². The first kappa shape index (κ1) is 33.3. The van der Waals surface area contributed by atoms with Gasteiger partial charge in [-0.1, -0.05) is 76.1 Å². The minimum absolute atomic E-state index is 0.0528. The topological polar surface area (TPSA) is 121 Å². The van der Waals surface area contributed by atoms with E-state index in [4.69, 9.17) is 27.9 Å². The zero-order valence-corrected chi connectivity index (χ0v) is 29.1. The number of carbonyl (C=O) groups excluding carboxylic acids is 5. The number of imide groups is 2. The number of alkyl halides is 3. The third-order valence-electron chi connectivity index (χ3n) is 10.2. The number of ether oxygens (including phenoxy) is 1. The normalized spacial score (nSPS) is 29.2. The fraction of sp³-hybridized carbons (Fsp3) is 0.270. The highest BCUT2D eigenvalue weighted by molar-refractivity contribution is 9.09. The van der Waals surface area contributed by atoms with E-state index < -0.39 is 57.0 Å². The number of phenolic OH excluding ortho intramolecular Hbond substituents is 1. The molecule has 3 aromatic rings. The van der Waals surface area contributed by atoms with Crippen LogP contribution in [0.2, 0.25) is 0 Å². The zero-order chi connectivity index (χ0) is 34.8. The lowest BCUT2D eigenvalue weighted by molar-refractivity contribution is -0.138. The van der Waals surface area contributed by atoms with Gasteiger partial charge < -0.3 is 9.84 Å². The molecule has 2 aliphatic carbocycles. The molecule has 1 saturated carbocycles.